The molecule has 0 bridgehead atoms. The molecule has 12 heteroatoms. The summed E-state index contributed by atoms with van der Waals surface area (Å²) in [5, 5.41) is 0.339. The normalized spacial score (nSPS) is 20.5. The third kappa shape index (κ3) is 5.97. The number of benzene rings is 2. The van der Waals surface area contributed by atoms with Gasteiger partial charge in [0, 0.05) is 18.5 Å². The Morgan fingerprint density at radius 1 is 1.16 bits per heavy atom. The first-order valence-electron chi connectivity index (χ1n) is 15.2. The molecule has 0 radical (unpaired) electrons. The Labute approximate surface area is 255 Å². The van der Waals surface area contributed by atoms with Gasteiger partial charge in [-0.3, -0.25) is 9.59 Å². The molecule has 8 nitrogen and oxygen atoms in total. The number of amides is 1. The van der Waals surface area contributed by atoms with Crippen LogP contribution in [0.3, 0.4) is 0 Å². The fourth-order valence-corrected chi connectivity index (χ4v) is 7.31. The van der Waals surface area contributed by atoms with Gasteiger partial charge in [0.15, 0.2) is 0 Å². The lowest BCUT2D eigenvalue weighted by Gasteiger charge is -2.27. The summed E-state index contributed by atoms with van der Waals surface area (Å²) in [5.74, 6) is 0.387. The number of hydrogen-bond acceptors (Lipinski definition) is 6. The number of carbonyl (C=O) groups is 1. The molecule has 0 saturated carbocycles. The number of fused-ring (bicyclic) bond motifs is 2. The number of alkyl halides is 3. The Hall–Kier alpha value is -3.41. The fourth-order valence-electron chi connectivity index (χ4n) is 6.83. The van der Waals surface area contributed by atoms with E-state index in [2.05, 4.69) is 9.17 Å². The molecule has 1 aliphatic carbocycles. The minimum absolute atomic E-state index is 0.0381. The van der Waals surface area contributed by atoms with Gasteiger partial charge in [-0.05, 0) is 84.7 Å². The van der Waals surface area contributed by atoms with Gasteiger partial charge in [-0.2, -0.15) is 21.6 Å². The fraction of sp³-hybridized carbons (Fsp3) is 0.531. The highest BCUT2D eigenvalue weighted by Gasteiger charge is 2.49. The number of rotatable bonds is 9. The molecule has 1 aliphatic heterocycles. The molecule has 0 spiro atoms. The Kier molecular flexibility index (Phi) is 8.60. The van der Waals surface area contributed by atoms with Crippen LogP contribution in [0, 0.1) is 11.3 Å². The average Bonchev–Trinajstić information content (AvgIpc) is 3.59. The van der Waals surface area contributed by atoms with E-state index in [1.165, 1.54) is 6.07 Å². The molecule has 2 aromatic carbocycles. The maximum Gasteiger partial charge on any atom is 0.534 e. The van der Waals surface area contributed by atoms with Crippen LogP contribution in [0.15, 0.2) is 35.1 Å². The van der Waals surface area contributed by atoms with Gasteiger partial charge in [0.25, 0.3) is 5.56 Å². The summed E-state index contributed by atoms with van der Waals surface area (Å²) in [6, 6.07) is 7.78. The number of halogens is 3. The zero-order valence-corrected chi connectivity index (χ0v) is 26.2. The molecule has 2 atom stereocenters. The second-order valence-electron chi connectivity index (χ2n) is 12.5. The molecule has 238 valence electrons. The zero-order chi connectivity index (χ0) is 32.0. The molecular weight excluding hydrogens is 595 g/mol. The van der Waals surface area contributed by atoms with E-state index in [0.717, 1.165) is 31.2 Å². The Morgan fingerprint density at radius 2 is 1.89 bits per heavy atom. The monoisotopic (exact) mass is 633 g/mol. The molecule has 44 heavy (non-hydrogen) atoms. The molecule has 2 aliphatic rings. The number of nitrogens with zero attached hydrogens (tertiary/aromatic N) is 2. The molecule has 1 amide bonds. The van der Waals surface area contributed by atoms with E-state index in [0.29, 0.717) is 65.6 Å². The maximum absolute atomic E-state index is 13.4. The van der Waals surface area contributed by atoms with Crippen molar-refractivity contribution in [2.45, 2.75) is 90.6 Å². The lowest BCUT2D eigenvalue weighted by Crippen LogP contribution is -2.33. The SMILES string of the molecule is CCCC1(CC)Cc2c(OS(=O)(=O)C(F)(F)F)ccc(-c3ccc4nc(C5CCCN5C(=O)CC(C)C)[nH]c(=O)c4c3)c2C1. The number of aromatic nitrogens is 2. The molecule has 1 N–H and O–H groups in total. The smallest absolute Gasteiger partial charge is 0.376 e. The lowest BCUT2D eigenvalue weighted by atomic mass is 9.78. The van der Waals surface area contributed by atoms with E-state index >= 15 is 0 Å². The minimum Gasteiger partial charge on any atom is -0.376 e. The van der Waals surface area contributed by atoms with Gasteiger partial charge in [-0.25, -0.2) is 4.98 Å². The Morgan fingerprint density at radius 3 is 2.55 bits per heavy atom. The van der Waals surface area contributed by atoms with E-state index in [1.54, 1.807) is 23.1 Å². The van der Waals surface area contributed by atoms with Crippen LogP contribution in [0.1, 0.15) is 89.2 Å². The van der Waals surface area contributed by atoms with E-state index in [1.807, 2.05) is 33.8 Å². The highest BCUT2D eigenvalue weighted by Crippen LogP contribution is 2.50. The van der Waals surface area contributed by atoms with Crippen molar-refractivity contribution in [3.8, 4) is 16.9 Å². The summed E-state index contributed by atoms with van der Waals surface area (Å²) in [5.41, 5.74) is -3.15. The number of aromatic amines is 1. The maximum atomic E-state index is 13.4. The van der Waals surface area contributed by atoms with E-state index in [-0.39, 0.29) is 34.6 Å². The third-order valence-corrected chi connectivity index (χ3v) is 9.98. The summed E-state index contributed by atoms with van der Waals surface area (Å²) in [6.07, 6.45) is 5.29. The van der Waals surface area contributed by atoms with Crippen LogP contribution in [0.2, 0.25) is 0 Å². The number of carbonyl (C=O) groups excluding carboxylic acids is 1. The van der Waals surface area contributed by atoms with Crippen LogP contribution in [0.5, 0.6) is 5.75 Å². The second kappa shape index (κ2) is 11.8. The first-order chi connectivity index (χ1) is 20.7. The average molecular weight is 634 g/mol. The molecule has 3 aromatic rings. The molecule has 1 saturated heterocycles. The minimum atomic E-state index is -5.85. The van der Waals surface area contributed by atoms with Gasteiger partial charge in [0.05, 0.1) is 16.9 Å². The predicted molar refractivity (Wildman–Crippen MR) is 162 cm³/mol. The first kappa shape index (κ1) is 32.0. The van der Waals surface area contributed by atoms with Crippen LogP contribution in [0.25, 0.3) is 22.0 Å². The summed E-state index contributed by atoms with van der Waals surface area (Å²) >= 11 is 0. The number of likely N-dealkylation sites (tertiary alicyclic amines) is 1. The molecular formula is C32H38F3N3O5S. The van der Waals surface area contributed by atoms with Crippen molar-refractivity contribution in [2.75, 3.05) is 6.54 Å². The Bertz CT molecular complexity index is 1750. The molecule has 2 unspecified atom stereocenters. The highest BCUT2D eigenvalue weighted by molar-refractivity contribution is 7.88. The molecule has 1 aromatic heterocycles. The topological polar surface area (TPSA) is 109 Å². The van der Waals surface area contributed by atoms with Gasteiger partial charge < -0.3 is 14.1 Å². The van der Waals surface area contributed by atoms with Gasteiger partial charge in [0.2, 0.25) is 5.91 Å². The summed E-state index contributed by atoms with van der Waals surface area (Å²) in [7, 11) is -5.85. The van der Waals surface area contributed by atoms with Crippen molar-refractivity contribution >= 4 is 26.9 Å². The first-order valence-corrected chi connectivity index (χ1v) is 16.6. The number of hydrogen-bond donors (Lipinski definition) is 1. The van der Waals surface area contributed by atoms with Crippen LogP contribution in [0.4, 0.5) is 13.2 Å². The van der Waals surface area contributed by atoms with Gasteiger partial charge >= 0.3 is 15.6 Å². The van der Waals surface area contributed by atoms with Gasteiger partial charge in [-0.15, -0.1) is 0 Å². The molecule has 5 rings (SSSR count). The van der Waals surface area contributed by atoms with Crippen molar-refractivity contribution in [3.05, 3.63) is 57.6 Å². The summed E-state index contributed by atoms with van der Waals surface area (Å²) in [4.78, 5) is 35.6. The van der Waals surface area contributed by atoms with Crippen LogP contribution < -0.4 is 9.74 Å². The summed E-state index contributed by atoms with van der Waals surface area (Å²) < 4.78 is 68.2. The van der Waals surface area contributed by atoms with Crippen LogP contribution >= 0.6 is 0 Å². The summed E-state index contributed by atoms with van der Waals surface area (Å²) in [6.45, 7) is 8.65. The quantitative estimate of drug-likeness (QED) is 0.205. The van der Waals surface area contributed by atoms with Crippen molar-refractivity contribution < 1.29 is 30.6 Å². The van der Waals surface area contributed by atoms with Crippen LogP contribution in [-0.2, 0) is 27.8 Å². The lowest BCUT2D eigenvalue weighted by molar-refractivity contribution is -0.133. The van der Waals surface area contributed by atoms with Crippen LogP contribution in [-0.4, -0.2) is 41.2 Å². The molecule has 1 fully saturated rings. The van der Waals surface area contributed by atoms with Gasteiger partial charge in [0.1, 0.15) is 11.6 Å². The van der Waals surface area contributed by atoms with E-state index in [9.17, 15) is 31.2 Å². The second-order valence-corrected chi connectivity index (χ2v) is 14.1. The Balaban J connectivity index is 1.55. The number of nitrogens with one attached hydrogen (secondary N) is 1. The number of H-pyrrole nitrogens is 1. The standard InChI is InChI=1S/C32H38F3N3O5S/c1-5-13-31(6-2)17-23-21(10-12-27(24(23)18-31)43-44(41,42)32(33,34)35)20-9-11-25-22(16-20)30(40)37-29(36-25)26-8-7-14-38(26)28(39)15-19(3)4/h9-12,16,19,26H,5-8,13-15,17-18H2,1-4H3,(H,36,37,40). The van der Waals surface area contributed by atoms with E-state index < -0.39 is 15.6 Å². The largest absolute Gasteiger partial charge is 0.534 e. The van der Waals surface area contributed by atoms with Crippen molar-refractivity contribution in [3.63, 3.8) is 0 Å². The van der Waals surface area contributed by atoms with E-state index in [4.69, 9.17) is 4.98 Å². The highest BCUT2D eigenvalue weighted by atomic mass is 32.2. The predicted octanol–water partition coefficient (Wildman–Crippen LogP) is 6.82. The zero-order valence-electron chi connectivity index (χ0n) is 25.4. The third-order valence-electron chi connectivity index (χ3n) is 9.01. The van der Waals surface area contributed by atoms with Crippen molar-refractivity contribution in [1.82, 2.24) is 14.9 Å². The van der Waals surface area contributed by atoms with Gasteiger partial charge in [-0.1, -0.05) is 46.2 Å². The van der Waals surface area contributed by atoms with Crippen molar-refractivity contribution in [1.29, 1.82) is 0 Å². The molecule has 2 heterocycles. The van der Waals surface area contributed by atoms with Crippen molar-refractivity contribution in [2.24, 2.45) is 11.3 Å².